The molecule has 0 radical (unpaired) electrons. The van der Waals surface area contributed by atoms with Gasteiger partial charge in [-0.25, -0.2) is 5.06 Å². The first kappa shape index (κ1) is 23.9. The Bertz CT molecular complexity index is 1100. The highest BCUT2D eigenvalue weighted by Gasteiger charge is 2.27. The van der Waals surface area contributed by atoms with Crippen molar-refractivity contribution in [2.24, 2.45) is 0 Å². The minimum absolute atomic E-state index is 0.0300. The van der Waals surface area contributed by atoms with Crippen molar-refractivity contribution in [1.82, 2.24) is 5.06 Å². The van der Waals surface area contributed by atoms with E-state index in [1.807, 2.05) is 0 Å². The number of phenolic OH excluding ortho intramolecular Hbond substituents is 2. The van der Waals surface area contributed by atoms with E-state index in [4.69, 9.17) is 14.0 Å². The zero-order chi connectivity index (χ0) is 24.0. The van der Waals surface area contributed by atoms with Gasteiger partial charge in [0.05, 0.1) is 32.0 Å². The number of phenols is 2. The van der Waals surface area contributed by atoms with Gasteiger partial charge in [0.15, 0.2) is 5.78 Å². The molecule has 0 aliphatic heterocycles. The number of ketones is 1. The summed E-state index contributed by atoms with van der Waals surface area (Å²) in [5, 5.41) is 22.2. The van der Waals surface area contributed by atoms with Gasteiger partial charge in [-0.1, -0.05) is 6.92 Å². The van der Waals surface area contributed by atoms with Crippen LogP contribution in [0.4, 0.5) is 0 Å². The summed E-state index contributed by atoms with van der Waals surface area (Å²) in [5.41, 5.74) is 0.944. The van der Waals surface area contributed by atoms with Crippen molar-refractivity contribution in [3.05, 3.63) is 76.7 Å². The number of hydroxylamine groups is 2. The first-order valence-electron chi connectivity index (χ1n) is 10.6. The predicted molar refractivity (Wildman–Crippen MR) is 120 cm³/mol. The van der Waals surface area contributed by atoms with Crippen LogP contribution in [0.5, 0.6) is 17.2 Å². The maximum Gasteiger partial charge on any atom is 0.251 e. The van der Waals surface area contributed by atoms with E-state index in [0.717, 1.165) is 11.1 Å². The van der Waals surface area contributed by atoms with Crippen molar-refractivity contribution in [2.75, 3.05) is 13.7 Å². The maximum atomic E-state index is 13.3. The molecule has 0 aliphatic rings. The van der Waals surface area contributed by atoms with Crippen LogP contribution in [0.25, 0.3) is 0 Å². The number of benzene rings is 2. The third-order valence-electron chi connectivity index (χ3n) is 5.21. The number of aromatic hydroxyl groups is 2. The van der Waals surface area contributed by atoms with Crippen molar-refractivity contribution in [1.29, 1.82) is 0 Å². The second kappa shape index (κ2) is 10.7. The van der Waals surface area contributed by atoms with Crippen molar-refractivity contribution in [3.8, 4) is 17.2 Å². The molecule has 2 aromatic carbocycles. The molecule has 0 saturated carbocycles. The highest BCUT2D eigenvalue weighted by atomic mass is 16.7. The number of ether oxygens (including phenoxy) is 1. The molecule has 2 N–H and O–H groups in total. The van der Waals surface area contributed by atoms with Gasteiger partial charge in [-0.2, -0.15) is 0 Å². The summed E-state index contributed by atoms with van der Waals surface area (Å²) in [6.07, 6.45) is 1.59. The van der Waals surface area contributed by atoms with Gasteiger partial charge in [0.25, 0.3) is 5.91 Å². The Kier molecular flexibility index (Phi) is 7.74. The zero-order valence-electron chi connectivity index (χ0n) is 18.8. The van der Waals surface area contributed by atoms with E-state index in [-0.39, 0.29) is 36.4 Å². The van der Waals surface area contributed by atoms with Crippen LogP contribution in [0.3, 0.4) is 0 Å². The zero-order valence-corrected chi connectivity index (χ0v) is 18.8. The molecule has 8 heteroatoms. The number of amides is 1. The molecule has 1 aromatic heterocycles. The largest absolute Gasteiger partial charge is 0.508 e. The molecule has 0 bridgehead atoms. The van der Waals surface area contributed by atoms with Gasteiger partial charge >= 0.3 is 0 Å². The lowest BCUT2D eigenvalue weighted by molar-refractivity contribution is -0.189. The van der Waals surface area contributed by atoms with Gasteiger partial charge in [0.2, 0.25) is 0 Å². The summed E-state index contributed by atoms with van der Waals surface area (Å²) in [6.45, 7) is 3.87. The fourth-order valence-electron chi connectivity index (χ4n) is 3.62. The summed E-state index contributed by atoms with van der Waals surface area (Å²) in [5.74, 6) is -0.393. The molecule has 1 heterocycles. The molecule has 1 amide bonds. The number of methoxy groups -OCH3 is 1. The molecule has 8 nitrogen and oxygen atoms in total. The van der Waals surface area contributed by atoms with Gasteiger partial charge in [0.1, 0.15) is 29.6 Å². The van der Waals surface area contributed by atoms with E-state index < -0.39 is 17.4 Å². The van der Waals surface area contributed by atoms with Crippen molar-refractivity contribution in [3.63, 3.8) is 0 Å². The van der Waals surface area contributed by atoms with E-state index in [2.05, 4.69) is 0 Å². The smallest absolute Gasteiger partial charge is 0.251 e. The minimum Gasteiger partial charge on any atom is -0.508 e. The highest BCUT2D eigenvalue weighted by Crippen LogP contribution is 2.35. The van der Waals surface area contributed by atoms with Crippen LogP contribution in [0.15, 0.2) is 53.1 Å². The quantitative estimate of drug-likeness (QED) is 0.352. The van der Waals surface area contributed by atoms with E-state index in [1.54, 1.807) is 50.2 Å². The normalized spacial score (nSPS) is 10.8. The lowest BCUT2D eigenvalue weighted by Crippen LogP contribution is -2.32. The molecular formula is C25H27NO7. The van der Waals surface area contributed by atoms with Crippen molar-refractivity contribution >= 4 is 11.7 Å². The molecule has 0 aliphatic carbocycles. The van der Waals surface area contributed by atoms with Crippen molar-refractivity contribution < 1.29 is 33.8 Å². The average molecular weight is 453 g/mol. The van der Waals surface area contributed by atoms with Crippen LogP contribution in [0.2, 0.25) is 0 Å². The van der Waals surface area contributed by atoms with Gasteiger partial charge in [-0.05, 0) is 60.9 Å². The standard InChI is InChI=1S/C25H27NO7/c1-4-19-20(13-23(29)26(33-5-2)15-18-7-6-12-32-18)24(22(28)14-21(19)27)25(30)16-8-10-17(31-3)11-9-16/h6-12,14,27-28H,4-5,13,15H2,1-3H3. The summed E-state index contributed by atoms with van der Waals surface area (Å²) >= 11 is 0. The summed E-state index contributed by atoms with van der Waals surface area (Å²) < 4.78 is 10.4. The van der Waals surface area contributed by atoms with Gasteiger partial charge in [-0.3, -0.25) is 14.4 Å². The number of carbonyl (C=O) groups is 2. The Morgan fingerprint density at radius 3 is 2.33 bits per heavy atom. The molecule has 0 spiro atoms. The van der Waals surface area contributed by atoms with Crippen LogP contribution in [0, 0.1) is 0 Å². The fourth-order valence-corrected chi connectivity index (χ4v) is 3.62. The third kappa shape index (κ3) is 5.35. The van der Waals surface area contributed by atoms with Crippen LogP contribution in [-0.2, 0) is 29.0 Å². The Morgan fingerprint density at radius 2 is 1.76 bits per heavy atom. The lowest BCUT2D eigenvalue weighted by Gasteiger charge is -2.22. The SMILES string of the molecule is CCON(Cc1ccco1)C(=O)Cc1c(CC)c(O)cc(O)c1C(=O)c1ccc(OC)cc1. The first-order chi connectivity index (χ1) is 15.9. The number of furan rings is 1. The van der Waals surface area contributed by atoms with Gasteiger partial charge in [0, 0.05) is 11.6 Å². The Balaban J connectivity index is 2.01. The maximum absolute atomic E-state index is 13.3. The number of rotatable bonds is 10. The topological polar surface area (TPSA) is 109 Å². The van der Waals surface area contributed by atoms with Crippen LogP contribution in [-0.4, -0.2) is 40.7 Å². The Hall–Kier alpha value is -3.78. The first-order valence-corrected chi connectivity index (χ1v) is 10.6. The number of nitrogens with zero attached hydrogens (tertiary/aromatic N) is 1. The second-order valence-electron chi connectivity index (χ2n) is 7.26. The minimum atomic E-state index is -0.471. The summed E-state index contributed by atoms with van der Waals surface area (Å²) in [6, 6.07) is 11.0. The molecule has 33 heavy (non-hydrogen) atoms. The van der Waals surface area contributed by atoms with Crippen LogP contribution in [0.1, 0.15) is 46.7 Å². The Morgan fingerprint density at radius 1 is 1.03 bits per heavy atom. The molecule has 0 fully saturated rings. The van der Waals surface area contributed by atoms with Gasteiger partial charge < -0.3 is 19.4 Å². The summed E-state index contributed by atoms with van der Waals surface area (Å²) in [7, 11) is 1.52. The monoisotopic (exact) mass is 453 g/mol. The number of carbonyl (C=O) groups excluding carboxylic acids is 2. The molecule has 0 saturated heterocycles. The number of hydrogen-bond acceptors (Lipinski definition) is 7. The highest BCUT2D eigenvalue weighted by molar-refractivity contribution is 6.12. The second-order valence-corrected chi connectivity index (χ2v) is 7.26. The Labute approximate surface area is 191 Å². The molecule has 174 valence electrons. The molecule has 3 rings (SSSR count). The predicted octanol–water partition coefficient (Wildman–Crippen LogP) is 4.02. The van der Waals surface area contributed by atoms with E-state index in [1.165, 1.54) is 13.4 Å². The third-order valence-corrected chi connectivity index (χ3v) is 5.21. The lowest BCUT2D eigenvalue weighted by atomic mass is 9.90. The summed E-state index contributed by atoms with van der Waals surface area (Å²) in [4.78, 5) is 32.0. The molecule has 0 unspecified atom stereocenters. The number of hydrogen-bond donors (Lipinski definition) is 2. The van der Waals surface area contributed by atoms with Crippen LogP contribution >= 0.6 is 0 Å². The average Bonchev–Trinajstić information content (AvgIpc) is 3.32. The van der Waals surface area contributed by atoms with E-state index in [9.17, 15) is 19.8 Å². The van der Waals surface area contributed by atoms with Crippen molar-refractivity contribution in [2.45, 2.75) is 33.2 Å². The fraction of sp³-hybridized carbons (Fsp3) is 0.280. The molecular weight excluding hydrogens is 426 g/mol. The molecule has 0 atom stereocenters. The van der Waals surface area contributed by atoms with Crippen LogP contribution < -0.4 is 4.74 Å². The molecule has 3 aromatic rings. The van der Waals surface area contributed by atoms with Gasteiger partial charge in [-0.15, -0.1) is 0 Å². The van der Waals surface area contributed by atoms with E-state index in [0.29, 0.717) is 29.1 Å². The van der Waals surface area contributed by atoms with E-state index >= 15 is 0 Å².